The Morgan fingerprint density at radius 2 is 1.70 bits per heavy atom. The van der Waals surface area contributed by atoms with Crippen molar-refractivity contribution in [3.05, 3.63) is 76.5 Å². The van der Waals surface area contributed by atoms with Gasteiger partial charge < -0.3 is 9.47 Å². The van der Waals surface area contributed by atoms with Crippen LogP contribution in [0.4, 0.5) is 0 Å². The van der Waals surface area contributed by atoms with Gasteiger partial charge in [-0.3, -0.25) is 4.98 Å². The number of hydrogen-bond acceptors (Lipinski definition) is 6. The lowest BCUT2D eigenvalue weighted by atomic mass is 10.0. The van der Waals surface area contributed by atoms with Gasteiger partial charge in [0, 0.05) is 21.6 Å². The molecule has 0 fully saturated rings. The molecule has 0 aliphatic rings. The average Bonchev–Trinajstić information content (AvgIpc) is 3.18. The van der Waals surface area contributed by atoms with Crippen molar-refractivity contribution in [3.8, 4) is 16.9 Å². The van der Waals surface area contributed by atoms with Crippen molar-refractivity contribution in [2.45, 2.75) is 0 Å². The van der Waals surface area contributed by atoms with Gasteiger partial charge in [0.15, 0.2) is 5.69 Å². The Hall–Kier alpha value is -3.52. The first-order valence-electron chi connectivity index (χ1n) is 8.95. The third-order valence-corrected chi connectivity index (χ3v) is 5.02. The van der Waals surface area contributed by atoms with E-state index in [4.69, 9.17) is 9.47 Å². The highest BCUT2D eigenvalue weighted by molar-refractivity contribution is 9.10. The van der Waals surface area contributed by atoms with E-state index in [2.05, 4.69) is 26.0 Å². The maximum absolute atomic E-state index is 12.8. The van der Waals surface area contributed by atoms with Crippen molar-refractivity contribution in [2.75, 3.05) is 14.2 Å². The Kier molecular flexibility index (Phi) is 5.33. The van der Waals surface area contributed by atoms with Gasteiger partial charge in [-0.15, -0.1) is 0 Å². The number of hydrogen-bond donors (Lipinski definition) is 0. The molecular weight excluding hydrogens is 450 g/mol. The molecule has 4 rings (SSSR count). The highest BCUT2D eigenvalue weighted by atomic mass is 79.9. The third kappa shape index (κ3) is 3.35. The van der Waals surface area contributed by atoms with E-state index in [1.165, 1.54) is 18.9 Å². The van der Waals surface area contributed by atoms with Gasteiger partial charge in [-0.1, -0.05) is 36.4 Å². The van der Waals surface area contributed by atoms with Crippen molar-refractivity contribution in [1.82, 2.24) is 14.8 Å². The minimum Gasteiger partial charge on any atom is -0.465 e. The van der Waals surface area contributed by atoms with Crippen LogP contribution < -0.4 is 0 Å². The van der Waals surface area contributed by atoms with Crippen LogP contribution in [0.25, 0.3) is 27.8 Å². The van der Waals surface area contributed by atoms with Crippen molar-refractivity contribution >= 4 is 38.8 Å². The first kappa shape index (κ1) is 19.8. The number of nitrogens with zero attached hydrogens (tertiary/aromatic N) is 3. The van der Waals surface area contributed by atoms with E-state index < -0.39 is 11.9 Å². The van der Waals surface area contributed by atoms with E-state index in [0.29, 0.717) is 16.8 Å². The molecule has 0 bridgehead atoms. The van der Waals surface area contributed by atoms with Crippen LogP contribution in [0.3, 0.4) is 0 Å². The van der Waals surface area contributed by atoms with Crippen LogP contribution in [0.2, 0.25) is 0 Å². The Balaban J connectivity index is 2.09. The Morgan fingerprint density at radius 3 is 2.40 bits per heavy atom. The predicted molar refractivity (Wildman–Crippen MR) is 115 cm³/mol. The molecule has 0 saturated carbocycles. The number of halogens is 1. The van der Waals surface area contributed by atoms with E-state index >= 15 is 0 Å². The second-order valence-electron chi connectivity index (χ2n) is 6.33. The summed E-state index contributed by atoms with van der Waals surface area (Å²) in [5.41, 5.74) is 2.13. The van der Waals surface area contributed by atoms with Crippen molar-refractivity contribution in [2.24, 2.45) is 0 Å². The molecule has 4 aromatic rings. The minimum atomic E-state index is -0.700. The molecule has 0 saturated heterocycles. The Bertz CT molecular complexity index is 1270. The molecule has 2 aromatic heterocycles. The number of fused-ring (bicyclic) bond motifs is 1. The zero-order valence-electron chi connectivity index (χ0n) is 16.1. The first-order valence-corrected chi connectivity index (χ1v) is 9.74. The maximum atomic E-state index is 12.8. The summed E-state index contributed by atoms with van der Waals surface area (Å²) in [5.74, 6) is -1.39. The van der Waals surface area contributed by atoms with E-state index in [0.717, 1.165) is 9.86 Å². The number of benzene rings is 2. The molecule has 2 heterocycles. The highest BCUT2D eigenvalue weighted by Gasteiger charge is 2.32. The normalized spacial score (nSPS) is 10.8. The van der Waals surface area contributed by atoms with E-state index in [1.807, 2.05) is 36.4 Å². The van der Waals surface area contributed by atoms with Crippen LogP contribution in [0, 0.1) is 0 Å². The summed E-state index contributed by atoms with van der Waals surface area (Å²) in [6.45, 7) is 0. The summed E-state index contributed by atoms with van der Waals surface area (Å²) in [6.07, 6.45) is 1.67. The van der Waals surface area contributed by atoms with Gasteiger partial charge in [-0.25, -0.2) is 14.3 Å². The molecule has 0 amide bonds. The predicted octanol–water partition coefficient (Wildman–Crippen LogP) is 4.42. The molecule has 7 nitrogen and oxygen atoms in total. The van der Waals surface area contributed by atoms with Gasteiger partial charge >= 0.3 is 11.9 Å². The lowest BCUT2D eigenvalue weighted by Crippen LogP contribution is -2.15. The van der Waals surface area contributed by atoms with Gasteiger partial charge in [-0.05, 0) is 34.1 Å². The van der Waals surface area contributed by atoms with Gasteiger partial charge in [0.2, 0.25) is 0 Å². The van der Waals surface area contributed by atoms with Crippen LogP contribution in [0.5, 0.6) is 0 Å². The van der Waals surface area contributed by atoms with Gasteiger partial charge in [-0.2, -0.15) is 5.10 Å². The smallest absolute Gasteiger partial charge is 0.357 e. The molecule has 0 spiro atoms. The fourth-order valence-electron chi connectivity index (χ4n) is 3.27. The topological polar surface area (TPSA) is 83.3 Å². The first-order chi connectivity index (χ1) is 14.5. The largest absolute Gasteiger partial charge is 0.465 e. The lowest BCUT2D eigenvalue weighted by Gasteiger charge is -2.07. The summed E-state index contributed by atoms with van der Waals surface area (Å²) in [4.78, 5) is 30.0. The highest BCUT2D eigenvalue weighted by Crippen LogP contribution is 2.33. The number of esters is 2. The van der Waals surface area contributed by atoms with Crippen LogP contribution in [0.1, 0.15) is 20.8 Å². The summed E-state index contributed by atoms with van der Waals surface area (Å²) in [7, 11) is 2.51. The van der Waals surface area contributed by atoms with Crippen LogP contribution in [-0.2, 0) is 9.47 Å². The molecule has 30 heavy (non-hydrogen) atoms. The average molecular weight is 466 g/mol. The zero-order chi connectivity index (χ0) is 21.3. The minimum absolute atomic E-state index is 0.0142. The Labute approximate surface area is 180 Å². The van der Waals surface area contributed by atoms with E-state index in [9.17, 15) is 9.59 Å². The lowest BCUT2D eigenvalue weighted by molar-refractivity contribution is 0.0549. The monoisotopic (exact) mass is 465 g/mol. The molecule has 0 unspecified atom stereocenters. The molecule has 8 heteroatoms. The Morgan fingerprint density at radius 1 is 0.967 bits per heavy atom. The quantitative estimate of drug-likeness (QED) is 0.414. The number of rotatable bonds is 4. The van der Waals surface area contributed by atoms with Crippen LogP contribution >= 0.6 is 15.9 Å². The fourth-order valence-corrected chi connectivity index (χ4v) is 3.62. The number of carbonyl (C=O) groups excluding carboxylic acids is 2. The summed E-state index contributed by atoms with van der Waals surface area (Å²) in [5, 5.41) is 5.48. The second-order valence-corrected chi connectivity index (χ2v) is 7.25. The maximum Gasteiger partial charge on any atom is 0.357 e. The van der Waals surface area contributed by atoms with Crippen LogP contribution in [-0.4, -0.2) is 40.9 Å². The SMILES string of the molecule is COC(=O)c1c(-c2cccc3cc(Br)cnc23)nn(-c2ccccc2)c1C(=O)OC. The number of ether oxygens (including phenoxy) is 2. The third-order valence-electron chi connectivity index (χ3n) is 4.59. The molecule has 0 aliphatic heterocycles. The van der Waals surface area contributed by atoms with Crippen molar-refractivity contribution in [3.63, 3.8) is 0 Å². The number of carbonyl (C=O) groups is 2. The number of pyridine rings is 1. The molecule has 150 valence electrons. The van der Waals surface area contributed by atoms with Crippen molar-refractivity contribution in [1.29, 1.82) is 0 Å². The molecular formula is C22H16BrN3O4. The molecule has 0 aliphatic carbocycles. The standard InChI is InChI=1S/C22H16BrN3O4/c1-29-21(27)17-19(16-10-6-7-13-11-14(23)12-24-18(13)16)25-26(20(17)22(28)30-2)15-8-4-3-5-9-15/h3-12H,1-2H3. The number of methoxy groups -OCH3 is 2. The summed E-state index contributed by atoms with van der Waals surface area (Å²) in [6, 6.07) is 16.5. The van der Waals surface area contributed by atoms with E-state index in [1.54, 1.807) is 24.4 Å². The molecule has 0 radical (unpaired) electrons. The van der Waals surface area contributed by atoms with Gasteiger partial charge in [0.1, 0.15) is 11.3 Å². The van der Waals surface area contributed by atoms with Crippen molar-refractivity contribution < 1.29 is 19.1 Å². The molecule has 0 N–H and O–H groups in total. The zero-order valence-corrected chi connectivity index (χ0v) is 17.7. The van der Waals surface area contributed by atoms with Gasteiger partial charge in [0.25, 0.3) is 0 Å². The summed E-state index contributed by atoms with van der Waals surface area (Å²) < 4.78 is 12.2. The molecule has 0 atom stereocenters. The number of para-hydroxylation sites is 2. The summed E-state index contributed by atoms with van der Waals surface area (Å²) >= 11 is 3.42. The number of aromatic nitrogens is 3. The fraction of sp³-hybridized carbons (Fsp3) is 0.0909. The van der Waals surface area contributed by atoms with Crippen LogP contribution in [0.15, 0.2) is 65.3 Å². The van der Waals surface area contributed by atoms with E-state index in [-0.39, 0.29) is 17.0 Å². The van der Waals surface area contributed by atoms with Gasteiger partial charge in [0.05, 0.1) is 25.4 Å². The molecule has 2 aromatic carbocycles. The second kappa shape index (κ2) is 8.08.